The summed E-state index contributed by atoms with van der Waals surface area (Å²) in [6, 6.07) is 3.50. The monoisotopic (exact) mass is 490 g/mol. The smallest absolute Gasteiger partial charge is 0.335 e. The molecule has 1 fully saturated rings. The Morgan fingerprint density at radius 3 is 2.51 bits per heavy atom. The summed E-state index contributed by atoms with van der Waals surface area (Å²) in [6.07, 6.45) is -1.09. The van der Waals surface area contributed by atoms with Gasteiger partial charge in [0.1, 0.15) is 29.8 Å². The maximum Gasteiger partial charge on any atom is 0.335 e. The lowest BCUT2D eigenvalue weighted by molar-refractivity contribution is -0.271. The highest BCUT2D eigenvalue weighted by Crippen LogP contribution is 2.47. The van der Waals surface area contributed by atoms with E-state index in [2.05, 4.69) is 19.6 Å². The number of carboxylic acids is 1. The normalized spacial score (nSPS) is 31.0. The van der Waals surface area contributed by atoms with Crippen LogP contribution in [0.15, 0.2) is 35.9 Å². The molecule has 35 heavy (non-hydrogen) atoms. The average molecular weight is 491 g/mol. The molecule has 1 aliphatic heterocycles. The zero-order valence-electron chi connectivity index (χ0n) is 20.7. The highest BCUT2D eigenvalue weighted by atomic mass is 16.7. The number of allylic oxidation sites excluding steroid dienone is 3. The number of rotatable bonds is 9. The lowest BCUT2D eigenvalue weighted by Gasteiger charge is -2.39. The highest BCUT2D eigenvalue weighted by Gasteiger charge is 2.48. The van der Waals surface area contributed by atoms with Gasteiger partial charge in [-0.3, -0.25) is 0 Å². The number of carboxylic acid groups (broad SMARTS) is 1. The van der Waals surface area contributed by atoms with E-state index in [1.165, 1.54) is 5.57 Å². The Balaban J connectivity index is 2.05. The van der Waals surface area contributed by atoms with Crippen molar-refractivity contribution in [2.24, 2.45) is 5.92 Å². The molecule has 1 saturated heterocycles. The molecule has 3 unspecified atom stereocenters. The van der Waals surface area contributed by atoms with Crippen molar-refractivity contribution in [3.63, 3.8) is 0 Å². The van der Waals surface area contributed by atoms with E-state index >= 15 is 0 Å². The van der Waals surface area contributed by atoms with Crippen LogP contribution in [0.1, 0.15) is 69.9 Å². The van der Waals surface area contributed by atoms with E-state index in [-0.39, 0.29) is 23.3 Å². The standard InChI is InChI=1S/C27H38O8/c1-5-6-7-8-16-12-19(28)21(18-11-15(4)9-10-17(18)14(2)3)20(13-16)34-27-24(31)22(29)23(30)25(35-27)26(32)33/h11-13,17-18,22-25,27-31H,2,5-10H2,1,3-4H3,(H,32,33)/t17-,18?,22?,23-,24+,25-,27?/m0/s1. The summed E-state index contributed by atoms with van der Waals surface area (Å²) in [6.45, 7) is 10.2. The molecule has 8 heteroatoms. The van der Waals surface area contributed by atoms with E-state index in [4.69, 9.17) is 9.47 Å². The van der Waals surface area contributed by atoms with Crippen molar-refractivity contribution in [2.45, 2.75) is 95.9 Å². The van der Waals surface area contributed by atoms with Gasteiger partial charge in [-0.25, -0.2) is 4.79 Å². The minimum Gasteiger partial charge on any atom is -0.507 e. The third-order valence-electron chi connectivity index (χ3n) is 7.02. The summed E-state index contributed by atoms with van der Waals surface area (Å²) in [4.78, 5) is 11.5. The Morgan fingerprint density at radius 1 is 1.17 bits per heavy atom. The summed E-state index contributed by atoms with van der Waals surface area (Å²) >= 11 is 0. The number of phenolic OH excluding ortho intramolecular Hbond substituents is 1. The van der Waals surface area contributed by atoms with Crippen LogP contribution in [0.25, 0.3) is 0 Å². The van der Waals surface area contributed by atoms with Gasteiger partial charge in [-0.1, -0.05) is 43.6 Å². The highest BCUT2D eigenvalue weighted by molar-refractivity contribution is 5.73. The number of aryl methyl sites for hydroxylation is 1. The van der Waals surface area contributed by atoms with Gasteiger partial charge in [-0.15, -0.1) is 0 Å². The Labute approximate surface area is 206 Å². The molecule has 0 amide bonds. The van der Waals surface area contributed by atoms with Crippen LogP contribution in [0.2, 0.25) is 0 Å². The Morgan fingerprint density at radius 2 is 1.89 bits per heavy atom. The van der Waals surface area contributed by atoms with Gasteiger partial charge in [0.2, 0.25) is 6.29 Å². The maximum absolute atomic E-state index is 11.5. The first kappa shape index (κ1) is 27.2. The molecule has 1 aliphatic carbocycles. The third kappa shape index (κ3) is 6.06. The number of carbonyl (C=O) groups is 1. The minimum atomic E-state index is -1.81. The summed E-state index contributed by atoms with van der Waals surface area (Å²) in [5.74, 6) is -1.39. The zero-order chi connectivity index (χ0) is 25.9. The number of aliphatic hydroxyl groups excluding tert-OH is 3. The summed E-state index contributed by atoms with van der Waals surface area (Å²) in [7, 11) is 0. The van der Waals surface area contributed by atoms with Gasteiger partial charge >= 0.3 is 5.97 Å². The lowest BCUT2D eigenvalue weighted by atomic mass is 9.73. The first-order chi connectivity index (χ1) is 16.5. The van der Waals surface area contributed by atoms with E-state index in [0.717, 1.165) is 43.2 Å². The van der Waals surface area contributed by atoms with E-state index in [1.54, 1.807) is 12.1 Å². The number of phenols is 1. The van der Waals surface area contributed by atoms with E-state index in [1.807, 2.05) is 13.8 Å². The van der Waals surface area contributed by atoms with Crippen molar-refractivity contribution in [1.29, 1.82) is 0 Å². The number of hydrogen-bond donors (Lipinski definition) is 5. The van der Waals surface area contributed by atoms with Crippen LogP contribution in [0, 0.1) is 5.92 Å². The van der Waals surface area contributed by atoms with Crippen molar-refractivity contribution in [3.8, 4) is 11.5 Å². The fourth-order valence-electron chi connectivity index (χ4n) is 5.00. The fraction of sp³-hybridized carbons (Fsp3) is 0.593. The van der Waals surface area contributed by atoms with Crippen molar-refractivity contribution < 1.29 is 39.8 Å². The lowest BCUT2D eigenvalue weighted by Crippen LogP contribution is -2.61. The van der Waals surface area contributed by atoms with Gasteiger partial charge in [0.05, 0.1) is 0 Å². The quantitative estimate of drug-likeness (QED) is 0.262. The molecule has 1 aromatic rings. The van der Waals surface area contributed by atoms with Crippen molar-refractivity contribution in [2.75, 3.05) is 0 Å². The van der Waals surface area contributed by atoms with Crippen LogP contribution >= 0.6 is 0 Å². The minimum absolute atomic E-state index is 0.0388. The molecule has 0 saturated carbocycles. The second-order valence-corrected chi connectivity index (χ2v) is 9.87. The SMILES string of the molecule is C=C(C)[C@@H]1CCC(C)=CC1c1c(O)cc(CCCCC)cc1OC1O[C@H](C(=O)O)[C@@H](O)C(O)[C@H]1O. The molecule has 0 radical (unpaired) electrons. The van der Waals surface area contributed by atoms with Crippen LogP contribution in [-0.4, -0.2) is 62.2 Å². The molecule has 7 atom stereocenters. The van der Waals surface area contributed by atoms with Crippen LogP contribution in [0.4, 0.5) is 0 Å². The predicted octanol–water partition coefficient (Wildman–Crippen LogP) is 3.41. The van der Waals surface area contributed by atoms with E-state index in [0.29, 0.717) is 12.0 Å². The summed E-state index contributed by atoms with van der Waals surface area (Å²) in [5.41, 5.74) is 3.47. The Bertz CT molecular complexity index is 955. The molecule has 1 heterocycles. The summed E-state index contributed by atoms with van der Waals surface area (Å²) < 4.78 is 11.4. The van der Waals surface area contributed by atoms with Crippen molar-refractivity contribution >= 4 is 5.97 Å². The number of aliphatic hydroxyl groups is 3. The molecule has 5 N–H and O–H groups in total. The fourth-order valence-corrected chi connectivity index (χ4v) is 5.00. The molecule has 1 aromatic carbocycles. The molecule has 8 nitrogen and oxygen atoms in total. The van der Waals surface area contributed by atoms with E-state index < -0.39 is 36.7 Å². The Hall–Kier alpha value is -2.39. The number of benzene rings is 1. The van der Waals surface area contributed by atoms with Crippen LogP contribution < -0.4 is 4.74 Å². The number of aromatic hydroxyl groups is 1. The van der Waals surface area contributed by atoms with Crippen LogP contribution in [0.5, 0.6) is 11.5 Å². The molecule has 3 rings (SSSR count). The number of hydrogen-bond acceptors (Lipinski definition) is 7. The molecular weight excluding hydrogens is 452 g/mol. The van der Waals surface area contributed by atoms with Gasteiger partial charge in [-0.2, -0.15) is 0 Å². The number of unbranched alkanes of at least 4 members (excludes halogenated alkanes) is 2. The second-order valence-electron chi connectivity index (χ2n) is 9.87. The van der Waals surface area contributed by atoms with Gasteiger partial charge in [0.25, 0.3) is 0 Å². The predicted molar refractivity (Wildman–Crippen MR) is 130 cm³/mol. The second kappa shape index (κ2) is 11.6. The van der Waals surface area contributed by atoms with Gasteiger partial charge in [-0.05, 0) is 63.1 Å². The molecule has 0 aromatic heterocycles. The molecule has 0 bridgehead atoms. The van der Waals surface area contributed by atoms with Crippen molar-refractivity contribution in [3.05, 3.63) is 47.1 Å². The van der Waals surface area contributed by atoms with Gasteiger partial charge in [0.15, 0.2) is 6.10 Å². The van der Waals surface area contributed by atoms with Crippen LogP contribution in [0.3, 0.4) is 0 Å². The summed E-state index contributed by atoms with van der Waals surface area (Å²) in [5, 5.41) is 51.4. The first-order valence-corrected chi connectivity index (χ1v) is 12.3. The molecule has 0 spiro atoms. The zero-order valence-corrected chi connectivity index (χ0v) is 20.7. The van der Waals surface area contributed by atoms with Gasteiger partial charge < -0.3 is 35.0 Å². The average Bonchev–Trinajstić information content (AvgIpc) is 2.79. The largest absolute Gasteiger partial charge is 0.507 e. The van der Waals surface area contributed by atoms with Gasteiger partial charge in [0, 0.05) is 11.5 Å². The number of ether oxygens (including phenoxy) is 2. The van der Waals surface area contributed by atoms with Crippen LogP contribution in [-0.2, 0) is 16.0 Å². The topological polar surface area (TPSA) is 137 Å². The number of aliphatic carboxylic acids is 1. The maximum atomic E-state index is 11.5. The first-order valence-electron chi connectivity index (χ1n) is 12.3. The Kier molecular flexibility index (Phi) is 8.99. The molecule has 194 valence electrons. The molecular formula is C27H38O8. The third-order valence-corrected chi connectivity index (χ3v) is 7.02. The van der Waals surface area contributed by atoms with Crippen molar-refractivity contribution in [1.82, 2.24) is 0 Å². The van der Waals surface area contributed by atoms with E-state index in [9.17, 15) is 30.3 Å². The molecule has 2 aliphatic rings.